The summed E-state index contributed by atoms with van der Waals surface area (Å²) >= 11 is 11.4. The largest absolute Gasteiger partial charge is 0.465 e. The molecule has 0 bridgehead atoms. The molecule has 0 N–H and O–H groups in total. The first kappa shape index (κ1) is 12.9. The predicted molar refractivity (Wildman–Crippen MR) is 68.5 cm³/mol. The molecule has 0 atom stereocenters. The normalized spacial score (nSPS) is 11.1. The van der Waals surface area contributed by atoms with Gasteiger partial charge in [0.1, 0.15) is 11.6 Å². The highest BCUT2D eigenvalue weighted by atomic mass is 35.5. The summed E-state index contributed by atoms with van der Waals surface area (Å²) in [6.07, 6.45) is 4.22. The van der Waals surface area contributed by atoms with E-state index in [9.17, 15) is 9.18 Å². The van der Waals surface area contributed by atoms with Gasteiger partial charge in [-0.2, -0.15) is 0 Å². The van der Waals surface area contributed by atoms with E-state index in [0.29, 0.717) is 5.76 Å². The van der Waals surface area contributed by atoms with E-state index >= 15 is 0 Å². The molecule has 18 heavy (non-hydrogen) atoms. The number of benzene rings is 1. The molecule has 0 aliphatic carbocycles. The van der Waals surface area contributed by atoms with Gasteiger partial charge in [-0.15, -0.1) is 0 Å². The maximum absolute atomic E-state index is 13.2. The second-order valence-corrected chi connectivity index (χ2v) is 4.27. The van der Waals surface area contributed by atoms with Crippen LogP contribution in [0.25, 0.3) is 6.08 Å². The van der Waals surface area contributed by atoms with Gasteiger partial charge in [0.05, 0.1) is 16.3 Å². The Kier molecular flexibility index (Phi) is 3.84. The molecule has 1 aromatic carbocycles. The van der Waals surface area contributed by atoms with Crippen LogP contribution in [0.4, 0.5) is 4.39 Å². The lowest BCUT2D eigenvalue weighted by Gasteiger charge is -2.01. The van der Waals surface area contributed by atoms with Crippen molar-refractivity contribution in [1.82, 2.24) is 0 Å². The van der Waals surface area contributed by atoms with Gasteiger partial charge in [-0.3, -0.25) is 4.79 Å². The fourth-order valence-corrected chi connectivity index (χ4v) is 1.82. The fourth-order valence-electron chi connectivity index (χ4n) is 1.35. The van der Waals surface area contributed by atoms with Crippen molar-refractivity contribution in [3.05, 3.63) is 63.8 Å². The Bertz CT molecular complexity index is 604. The maximum atomic E-state index is 13.2. The van der Waals surface area contributed by atoms with Crippen molar-refractivity contribution in [3.8, 4) is 0 Å². The molecule has 0 radical (unpaired) electrons. The van der Waals surface area contributed by atoms with Crippen molar-refractivity contribution in [1.29, 1.82) is 0 Å². The van der Waals surface area contributed by atoms with Crippen molar-refractivity contribution in [2.45, 2.75) is 0 Å². The van der Waals surface area contributed by atoms with Gasteiger partial charge in [-0.05, 0) is 36.4 Å². The topological polar surface area (TPSA) is 30.2 Å². The van der Waals surface area contributed by atoms with Crippen molar-refractivity contribution in [3.63, 3.8) is 0 Å². The molecule has 2 aromatic rings. The summed E-state index contributed by atoms with van der Waals surface area (Å²) in [5.41, 5.74) is 0.0568. The SMILES string of the molecule is O=C(/C=C/c1ccco1)c1cc(F)c(Cl)cc1Cl. The molecule has 0 amide bonds. The third kappa shape index (κ3) is 2.81. The van der Waals surface area contributed by atoms with Gasteiger partial charge in [0.2, 0.25) is 0 Å². The molecule has 92 valence electrons. The first-order valence-electron chi connectivity index (χ1n) is 4.98. The Morgan fingerprint density at radius 3 is 2.72 bits per heavy atom. The fraction of sp³-hybridized carbons (Fsp3) is 0. The molecule has 0 aliphatic rings. The summed E-state index contributed by atoms with van der Waals surface area (Å²) in [4.78, 5) is 11.8. The summed E-state index contributed by atoms with van der Waals surface area (Å²) in [5.74, 6) is -0.586. The number of halogens is 3. The van der Waals surface area contributed by atoms with E-state index in [1.54, 1.807) is 12.1 Å². The van der Waals surface area contributed by atoms with E-state index in [0.717, 1.165) is 6.07 Å². The standard InChI is InChI=1S/C13H7Cl2FO2/c14-10-7-11(15)12(16)6-9(10)13(17)4-3-8-2-1-5-18-8/h1-7H/b4-3+. The smallest absolute Gasteiger partial charge is 0.187 e. The molecule has 1 aromatic heterocycles. The summed E-state index contributed by atoms with van der Waals surface area (Å²) < 4.78 is 18.3. The van der Waals surface area contributed by atoms with Crippen molar-refractivity contribution in [2.75, 3.05) is 0 Å². The Morgan fingerprint density at radius 1 is 1.28 bits per heavy atom. The van der Waals surface area contributed by atoms with Crippen LogP contribution in [-0.4, -0.2) is 5.78 Å². The van der Waals surface area contributed by atoms with Crippen LogP contribution in [0.15, 0.2) is 41.0 Å². The van der Waals surface area contributed by atoms with Gasteiger partial charge in [-0.25, -0.2) is 4.39 Å². The Balaban J connectivity index is 2.27. The molecular formula is C13H7Cl2FO2. The third-order valence-corrected chi connectivity index (χ3v) is 2.82. The quantitative estimate of drug-likeness (QED) is 0.468. The van der Waals surface area contributed by atoms with E-state index < -0.39 is 11.6 Å². The molecule has 1 heterocycles. The molecule has 0 unspecified atom stereocenters. The van der Waals surface area contributed by atoms with Crippen molar-refractivity contribution in [2.24, 2.45) is 0 Å². The number of furan rings is 1. The van der Waals surface area contributed by atoms with Gasteiger partial charge in [0.15, 0.2) is 5.78 Å². The monoisotopic (exact) mass is 284 g/mol. The summed E-state index contributed by atoms with van der Waals surface area (Å²) in [7, 11) is 0. The molecule has 0 saturated carbocycles. The molecular weight excluding hydrogens is 278 g/mol. The average Bonchev–Trinajstić information content (AvgIpc) is 2.84. The van der Waals surface area contributed by atoms with E-state index in [1.807, 2.05) is 0 Å². The molecule has 0 saturated heterocycles. The number of carbonyl (C=O) groups excluding carboxylic acids is 1. The van der Waals surface area contributed by atoms with Gasteiger partial charge < -0.3 is 4.42 Å². The minimum atomic E-state index is -0.684. The summed E-state index contributed by atoms with van der Waals surface area (Å²) in [6, 6.07) is 5.60. The highest BCUT2D eigenvalue weighted by molar-refractivity contribution is 6.37. The maximum Gasteiger partial charge on any atom is 0.187 e. The highest BCUT2D eigenvalue weighted by Gasteiger charge is 2.12. The van der Waals surface area contributed by atoms with Gasteiger partial charge in [0.25, 0.3) is 0 Å². The lowest BCUT2D eigenvalue weighted by molar-refractivity contribution is 0.104. The van der Waals surface area contributed by atoms with Crippen LogP contribution in [0.3, 0.4) is 0 Å². The summed E-state index contributed by atoms with van der Waals surface area (Å²) in [6.45, 7) is 0. The zero-order valence-corrected chi connectivity index (χ0v) is 10.5. The number of ketones is 1. The molecule has 0 fully saturated rings. The van der Waals surface area contributed by atoms with E-state index in [4.69, 9.17) is 27.6 Å². The predicted octanol–water partition coefficient (Wildman–Crippen LogP) is 4.62. The Hall–Kier alpha value is -1.58. The average molecular weight is 285 g/mol. The third-order valence-electron chi connectivity index (χ3n) is 2.22. The molecule has 5 heteroatoms. The lowest BCUT2D eigenvalue weighted by Crippen LogP contribution is -1.97. The van der Waals surface area contributed by atoms with E-state index in [2.05, 4.69) is 0 Å². The van der Waals surface area contributed by atoms with Gasteiger partial charge in [-0.1, -0.05) is 23.2 Å². The first-order valence-corrected chi connectivity index (χ1v) is 5.74. The molecule has 2 nitrogen and oxygen atoms in total. The van der Waals surface area contributed by atoms with Gasteiger partial charge >= 0.3 is 0 Å². The molecule has 0 spiro atoms. The minimum absolute atomic E-state index is 0.0568. The molecule has 0 aliphatic heterocycles. The van der Waals surface area contributed by atoms with E-state index in [1.165, 1.54) is 24.5 Å². The minimum Gasteiger partial charge on any atom is -0.465 e. The van der Waals surface area contributed by atoms with Crippen molar-refractivity contribution < 1.29 is 13.6 Å². The van der Waals surface area contributed by atoms with Crippen LogP contribution in [0.2, 0.25) is 10.0 Å². The van der Waals surface area contributed by atoms with Crippen LogP contribution >= 0.6 is 23.2 Å². The number of rotatable bonds is 3. The Morgan fingerprint density at radius 2 is 2.06 bits per heavy atom. The van der Waals surface area contributed by atoms with Crippen LogP contribution in [0.5, 0.6) is 0 Å². The second-order valence-electron chi connectivity index (χ2n) is 3.46. The number of allylic oxidation sites excluding steroid dienone is 1. The van der Waals surface area contributed by atoms with E-state index in [-0.39, 0.29) is 15.6 Å². The number of carbonyl (C=O) groups is 1. The molecule has 2 rings (SSSR count). The first-order chi connectivity index (χ1) is 8.58. The summed E-state index contributed by atoms with van der Waals surface area (Å²) in [5, 5.41) is -0.0120. The number of hydrogen-bond acceptors (Lipinski definition) is 2. The highest BCUT2D eigenvalue weighted by Crippen LogP contribution is 2.25. The zero-order chi connectivity index (χ0) is 13.1. The van der Waals surface area contributed by atoms with Crippen LogP contribution < -0.4 is 0 Å². The second kappa shape index (κ2) is 5.38. The van der Waals surface area contributed by atoms with Gasteiger partial charge in [0, 0.05) is 5.56 Å². The van der Waals surface area contributed by atoms with Crippen LogP contribution in [0.1, 0.15) is 16.1 Å². The van der Waals surface area contributed by atoms with Crippen LogP contribution in [0, 0.1) is 5.82 Å². The Labute approximate surface area is 113 Å². The van der Waals surface area contributed by atoms with Crippen LogP contribution in [-0.2, 0) is 0 Å². The zero-order valence-electron chi connectivity index (χ0n) is 8.99. The van der Waals surface area contributed by atoms with Crippen molar-refractivity contribution >= 4 is 35.1 Å². The lowest BCUT2D eigenvalue weighted by atomic mass is 10.1. The number of hydrogen-bond donors (Lipinski definition) is 0.